The standard InChI is InChI=1S/C20H19N3O3/c1-3-24-16-10-6-15(7-11-16)22-20-18(12-21)23-19(26-20)13-25-17-8-4-14(2)5-9-17/h4-11,22H,3,13H2,1-2H3. The van der Waals surface area contributed by atoms with Crippen molar-refractivity contribution in [1.29, 1.82) is 5.26 Å². The summed E-state index contributed by atoms with van der Waals surface area (Å²) in [5.74, 6) is 2.12. The van der Waals surface area contributed by atoms with Gasteiger partial charge in [-0.1, -0.05) is 17.7 Å². The minimum atomic E-state index is 0.142. The molecule has 0 amide bonds. The van der Waals surface area contributed by atoms with Crippen LogP contribution in [0.1, 0.15) is 24.1 Å². The van der Waals surface area contributed by atoms with Crippen molar-refractivity contribution in [3.8, 4) is 17.6 Å². The normalized spacial score (nSPS) is 10.2. The van der Waals surface area contributed by atoms with Crippen molar-refractivity contribution in [3.05, 3.63) is 65.7 Å². The number of hydrogen-bond donors (Lipinski definition) is 1. The molecule has 1 heterocycles. The van der Waals surface area contributed by atoms with Crippen LogP contribution in [0.2, 0.25) is 0 Å². The number of benzene rings is 2. The van der Waals surface area contributed by atoms with Crippen LogP contribution in [0.15, 0.2) is 52.9 Å². The van der Waals surface area contributed by atoms with E-state index in [2.05, 4.69) is 10.3 Å². The average Bonchev–Trinajstić information content (AvgIpc) is 3.05. The highest BCUT2D eigenvalue weighted by atomic mass is 16.5. The van der Waals surface area contributed by atoms with E-state index in [4.69, 9.17) is 13.9 Å². The van der Waals surface area contributed by atoms with Gasteiger partial charge in [0.25, 0.3) is 0 Å². The molecule has 0 radical (unpaired) electrons. The smallest absolute Gasteiger partial charge is 0.236 e. The molecule has 1 N–H and O–H groups in total. The van der Waals surface area contributed by atoms with Gasteiger partial charge < -0.3 is 19.2 Å². The summed E-state index contributed by atoms with van der Waals surface area (Å²) in [5, 5.41) is 12.3. The third kappa shape index (κ3) is 4.33. The van der Waals surface area contributed by atoms with E-state index < -0.39 is 0 Å². The predicted octanol–water partition coefficient (Wildman–Crippen LogP) is 4.58. The summed E-state index contributed by atoms with van der Waals surface area (Å²) >= 11 is 0. The van der Waals surface area contributed by atoms with Gasteiger partial charge in [-0.2, -0.15) is 10.2 Å². The first-order chi connectivity index (χ1) is 12.7. The van der Waals surface area contributed by atoms with Gasteiger partial charge in [0.05, 0.1) is 6.61 Å². The molecule has 0 saturated heterocycles. The minimum Gasteiger partial charge on any atom is -0.494 e. The van der Waals surface area contributed by atoms with Gasteiger partial charge in [0, 0.05) is 5.69 Å². The van der Waals surface area contributed by atoms with Crippen LogP contribution >= 0.6 is 0 Å². The van der Waals surface area contributed by atoms with Crippen molar-refractivity contribution in [2.75, 3.05) is 11.9 Å². The molecule has 0 fully saturated rings. The summed E-state index contributed by atoms with van der Waals surface area (Å²) in [6.45, 7) is 4.69. The Kier molecular flexibility index (Phi) is 5.40. The molecule has 0 spiro atoms. The molecule has 3 rings (SSSR count). The summed E-state index contributed by atoms with van der Waals surface area (Å²) < 4.78 is 16.7. The first kappa shape index (κ1) is 17.4. The first-order valence-electron chi connectivity index (χ1n) is 8.27. The van der Waals surface area contributed by atoms with Crippen molar-refractivity contribution in [1.82, 2.24) is 4.98 Å². The van der Waals surface area contributed by atoms with Crippen molar-refractivity contribution in [2.24, 2.45) is 0 Å². The lowest BCUT2D eigenvalue weighted by molar-refractivity contribution is 0.265. The highest BCUT2D eigenvalue weighted by molar-refractivity contribution is 5.60. The van der Waals surface area contributed by atoms with Crippen LogP contribution < -0.4 is 14.8 Å². The molecule has 6 nitrogen and oxygen atoms in total. The van der Waals surface area contributed by atoms with Gasteiger partial charge in [-0.15, -0.1) is 0 Å². The molecule has 0 saturated carbocycles. The summed E-state index contributed by atoms with van der Waals surface area (Å²) in [4.78, 5) is 4.16. The van der Waals surface area contributed by atoms with Gasteiger partial charge in [-0.05, 0) is 50.2 Å². The highest BCUT2D eigenvalue weighted by Gasteiger charge is 2.14. The fourth-order valence-corrected chi connectivity index (χ4v) is 2.30. The van der Waals surface area contributed by atoms with Crippen LogP contribution in [0.3, 0.4) is 0 Å². The monoisotopic (exact) mass is 349 g/mol. The lowest BCUT2D eigenvalue weighted by atomic mass is 10.2. The van der Waals surface area contributed by atoms with E-state index in [9.17, 15) is 5.26 Å². The van der Waals surface area contributed by atoms with E-state index in [-0.39, 0.29) is 12.3 Å². The van der Waals surface area contributed by atoms with Gasteiger partial charge in [0.1, 0.15) is 17.6 Å². The number of aromatic nitrogens is 1. The Morgan fingerprint density at radius 2 is 1.69 bits per heavy atom. The fraction of sp³-hybridized carbons (Fsp3) is 0.200. The quantitative estimate of drug-likeness (QED) is 0.673. The summed E-state index contributed by atoms with van der Waals surface area (Å²) in [6, 6.07) is 17.1. The average molecular weight is 349 g/mol. The van der Waals surface area contributed by atoms with Crippen molar-refractivity contribution in [3.63, 3.8) is 0 Å². The van der Waals surface area contributed by atoms with Gasteiger partial charge >= 0.3 is 0 Å². The predicted molar refractivity (Wildman–Crippen MR) is 97.6 cm³/mol. The zero-order valence-corrected chi connectivity index (χ0v) is 14.7. The van der Waals surface area contributed by atoms with Crippen molar-refractivity contribution < 1.29 is 13.9 Å². The topological polar surface area (TPSA) is 80.3 Å². The van der Waals surface area contributed by atoms with E-state index in [1.807, 2.05) is 68.4 Å². The van der Waals surface area contributed by atoms with Crippen LogP contribution in [0, 0.1) is 18.3 Å². The summed E-state index contributed by atoms with van der Waals surface area (Å²) in [7, 11) is 0. The second-order valence-corrected chi connectivity index (χ2v) is 5.58. The Morgan fingerprint density at radius 1 is 1.04 bits per heavy atom. The van der Waals surface area contributed by atoms with E-state index in [1.165, 1.54) is 0 Å². The highest BCUT2D eigenvalue weighted by Crippen LogP contribution is 2.24. The summed E-state index contributed by atoms with van der Waals surface area (Å²) in [5.41, 5.74) is 2.11. The second kappa shape index (κ2) is 8.08. The van der Waals surface area contributed by atoms with Crippen LogP contribution in [-0.2, 0) is 6.61 Å². The molecule has 0 bridgehead atoms. The molecule has 0 aliphatic rings. The third-order valence-electron chi connectivity index (χ3n) is 3.58. The summed E-state index contributed by atoms with van der Waals surface area (Å²) in [6.07, 6.45) is 0. The lowest BCUT2D eigenvalue weighted by Gasteiger charge is -2.06. The molecule has 0 aliphatic carbocycles. The van der Waals surface area contributed by atoms with Crippen LogP contribution in [0.25, 0.3) is 0 Å². The molecule has 132 valence electrons. The van der Waals surface area contributed by atoms with E-state index >= 15 is 0 Å². The second-order valence-electron chi connectivity index (χ2n) is 5.58. The molecular weight excluding hydrogens is 330 g/mol. The van der Waals surface area contributed by atoms with E-state index in [1.54, 1.807) is 0 Å². The van der Waals surface area contributed by atoms with Crippen molar-refractivity contribution >= 4 is 11.6 Å². The minimum absolute atomic E-state index is 0.142. The molecule has 0 aliphatic heterocycles. The Hall–Kier alpha value is -3.46. The molecular formula is C20H19N3O3. The van der Waals surface area contributed by atoms with E-state index in [0.29, 0.717) is 24.1 Å². The molecule has 3 aromatic rings. The Balaban J connectivity index is 1.68. The number of nitrogens with one attached hydrogen (secondary N) is 1. The zero-order chi connectivity index (χ0) is 18.4. The molecule has 0 unspecified atom stereocenters. The largest absolute Gasteiger partial charge is 0.494 e. The number of anilines is 2. The number of ether oxygens (including phenoxy) is 2. The van der Waals surface area contributed by atoms with Crippen molar-refractivity contribution in [2.45, 2.75) is 20.5 Å². The zero-order valence-electron chi connectivity index (χ0n) is 14.7. The molecule has 0 atom stereocenters. The molecule has 26 heavy (non-hydrogen) atoms. The van der Waals surface area contributed by atoms with Gasteiger partial charge in [0.15, 0.2) is 6.61 Å². The number of oxazole rings is 1. The Morgan fingerprint density at radius 3 is 2.35 bits per heavy atom. The van der Waals surface area contributed by atoms with Gasteiger partial charge in [0.2, 0.25) is 17.5 Å². The number of hydrogen-bond acceptors (Lipinski definition) is 6. The van der Waals surface area contributed by atoms with E-state index in [0.717, 1.165) is 17.0 Å². The SMILES string of the molecule is CCOc1ccc(Nc2oc(COc3ccc(C)cc3)nc2C#N)cc1. The number of nitrogens with zero attached hydrogens (tertiary/aromatic N) is 2. The number of aryl methyl sites for hydroxylation is 1. The fourth-order valence-electron chi connectivity index (χ4n) is 2.30. The van der Waals surface area contributed by atoms with Crippen LogP contribution in [0.4, 0.5) is 11.6 Å². The van der Waals surface area contributed by atoms with Gasteiger partial charge in [-0.3, -0.25) is 0 Å². The molecule has 2 aromatic carbocycles. The molecule has 6 heteroatoms. The maximum Gasteiger partial charge on any atom is 0.236 e. The lowest BCUT2D eigenvalue weighted by Crippen LogP contribution is -1.95. The van der Waals surface area contributed by atoms with Crippen LogP contribution in [-0.4, -0.2) is 11.6 Å². The maximum absolute atomic E-state index is 9.27. The Labute approximate surface area is 152 Å². The Bertz CT molecular complexity index is 894. The maximum atomic E-state index is 9.27. The number of nitriles is 1. The molecule has 1 aromatic heterocycles. The third-order valence-corrected chi connectivity index (χ3v) is 3.58. The van der Waals surface area contributed by atoms with Crippen LogP contribution in [0.5, 0.6) is 11.5 Å². The first-order valence-corrected chi connectivity index (χ1v) is 8.27. The number of rotatable bonds is 7. The van der Waals surface area contributed by atoms with Gasteiger partial charge in [-0.25, -0.2) is 0 Å².